The lowest BCUT2D eigenvalue weighted by atomic mass is 9.92. The summed E-state index contributed by atoms with van der Waals surface area (Å²) in [5, 5.41) is 5.16. The molecule has 0 radical (unpaired) electrons. The molecule has 0 spiro atoms. The Morgan fingerprint density at radius 3 is 2.46 bits per heavy atom. The number of carbonyl (C=O) groups excluding carboxylic acids is 4. The second-order valence-electron chi connectivity index (χ2n) is 12.0. The molecule has 3 N–H and O–H groups in total. The number of nitrogens with zero attached hydrogens (tertiary/aromatic N) is 1. The van der Waals surface area contributed by atoms with E-state index in [-0.39, 0.29) is 49.0 Å². The molecular weight excluding hydrogens is 592 g/mol. The SMILES string of the molecule is CC[C@H]1O[C@@H](n2cc(/C=C/C(=O)NCCCC(=O)[C@@H](C)c3ccc(CC(C)C)cc3)c(=O)[nH]c2=O)CC1OC(=O)CCC(=O)NC. The number of hydrogen-bond acceptors (Lipinski definition) is 8. The van der Waals surface area contributed by atoms with Crippen LogP contribution in [0.1, 0.15) is 95.1 Å². The number of amides is 2. The lowest BCUT2D eigenvalue weighted by Crippen LogP contribution is -2.33. The van der Waals surface area contributed by atoms with Gasteiger partial charge in [0, 0.05) is 51.0 Å². The highest BCUT2D eigenvalue weighted by atomic mass is 16.6. The van der Waals surface area contributed by atoms with Gasteiger partial charge in [-0.1, -0.05) is 52.0 Å². The van der Waals surface area contributed by atoms with Gasteiger partial charge in [-0.2, -0.15) is 0 Å². The molecule has 0 bridgehead atoms. The number of ketones is 1. The average Bonchev–Trinajstić information content (AvgIpc) is 3.43. The van der Waals surface area contributed by atoms with Gasteiger partial charge in [-0.3, -0.25) is 33.5 Å². The van der Waals surface area contributed by atoms with Crippen LogP contribution in [0, 0.1) is 5.92 Å². The van der Waals surface area contributed by atoms with Crippen LogP contribution < -0.4 is 21.9 Å². The monoisotopic (exact) mass is 638 g/mol. The molecule has 12 heteroatoms. The predicted octanol–water partition coefficient (Wildman–Crippen LogP) is 3.15. The quantitative estimate of drug-likeness (QED) is 0.143. The van der Waals surface area contributed by atoms with Crippen LogP contribution in [-0.2, 0) is 35.1 Å². The predicted molar refractivity (Wildman–Crippen MR) is 173 cm³/mol. The first-order valence-electron chi connectivity index (χ1n) is 15.9. The van der Waals surface area contributed by atoms with E-state index in [1.807, 2.05) is 26.0 Å². The Hall–Kier alpha value is -4.32. The van der Waals surface area contributed by atoms with Crippen molar-refractivity contribution in [2.24, 2.45) is 5.92 Å². The Balaban J connectivity index is 1.52. The van der Waals surface area contributed by atoms with Crippen LogP contribution in [0.3, 0.4) is 0 Å². The summed E-state index contributed by atoms with van der Waals surface area (Å²) in [6.45, 7) is 8.36. The highest BCUT2D eigenvalue weighted by Crippen LogP contribution is 2.32. The molecular formula is C34H46N4O8. The van der Waals surface area contributed by atoms with Crippen molar-refractivity contribution in [1.29, 1.82) is 0 Å². The summed E-state index contributed by atoms with van der Waals surface area (Å²) in [5.74, 6) is -0.865. The van der Waals surface area contributed by atoms with Gasteiger partial charge in [0.05, 0.1) is 18.1 Å². The second-order valence-corrected chi connectivity index (χ2v) is 12.0. The normalized spacial score (nSPS) is 18.4. The third-order valence-electron chi connectivity index (χ3n) is 7.93. The topological polar surface area (TPSA) is 166 Å². The van der Waals surface area contributed by atoms with Crippen molar-refractivity contribution in [2.45, 2.75) is 97.0 Å². The number of rotatable bonds is 16. The second kappa shape index (κ2) is 17.4. The van der Waals surface area contributed by atoms with Gasteiger partial charge >= 0.3 is 11.7 Å². The van der Waals surface area contributed by atoms with Crippen molar-refractivity contribution in [3.8, 4) is 0 Å². The molecule has 250 valence electrons. The Labute approximate surface area is 268 Å². The zero-order valence-corrected chi connectivity index (χ0v) is 27.3. The molecule has 2 heterocycles. The molecule has 1 aliphatic heterocycles. The van der Waals surface area contributed by atoms with E-state index in [4.69, 9.17) is 9.47 Å². The fourth-order valence-corrected chi connectivity index (χ4v) is 5.27. The van der Waals surface area contributed by atoms with E-state index in [9.17, 15) is 28.8 Å². The van der Waals surface area contributed by atoms with Crippen molar-refractivity contribution in [3.05, 3.63) is 74.1 Å². The Kier molecular flexibility index (Phi) is 13.7. The van der Waals surface area contributed by atoms with Crippen LogP contribution >= 0.6 is 0 Å². The first-order valence-corrected chi connectivity index (χ1v) is 15.9. The van der Waals surface area contributed by atoms with E-state index in [0.717, 1.165) is 12.0 Å². The van der Waals surface area contributed by atoms with Crippen molar-refractivity contribution < 1.29 is 28.7 Å². The zero-order chi connectivity index (χ0) is 33.8. The summed E-state index contributed by atoms with van der Waals surface area (Å²) in [4.78, 5) is 76.1. The molecule has 2 amide bonds. The Morgan fingerprint density at radius 1 is 1.09 bits per heavy atom. The van der Waals surface area contributed by atoms with Crippen molar-refractivity contribution in [2.75, 3.05) is 13.6 Å². The van der Waals surface area contributed by atoms with Gasteiger partial charge in [-0.05, 0) is 42.4 Å². The summed E-state index contributed by atoms with van der Waals surface area (Å²) >= 11 is 0. The maximum absolute atomic E-state index is 12.7. The average molecular weight is 639 g/mol. The Morgan fingerprint density at radius 2 is 1.80 bits per heavy atom. The lowest BCUT2D eigenvalue weighted by Gasteiger charge is -2.17. The number of carbonyl (C=O) groups is 4. The summed E-state index contributed by atoms with van der Waals surface area (Å²) in [6.07, 6.45) is 4.20. The molecule has 1 saturated heterocycles. The minimum atomic E-state index is -0.815. The van der Waals surface area contributed by atoms with Gasteiger partial charge in [0.1, 0.15) is 18.1 Å². The number of aromatic nitrogens is 2. The molecule has 0 aliphatic carbocycles. The van der Waals surface area contributed by atoms with Gasteiger partial charge in [0.15, 0.2) is 0 Å². The first kappa shape index (κ1) is 36.2. The number of H-pyrrole nitrogens is 1. The fraction of sp³-hybridized carbons (Fsp3) is 0.529. The number of hydrogen-bond donors (Lipinski definition) is 3. The highest BCUT2D eigenvalue weighted by Gasteiger charge is 2.38. The van der Waals surface area contributed by atoms with Crippen LogP contribution in [0.4, 0.5) is 0 Å². The van der Waals surface area contributed by atoms with Crippen molar-refractivity contribution in [1.82, 2.24) is 20.2 Å². The number of benzene rings is 1. The lowest BCUT2D eigenvalue weighted by molar-refractivity contribution is -0.153. The molecule has 1 aromatic carbocycles. The zero-order valence-electron chi connectivity index (χ0n) is 27.3. The Bertz CT molecular complexity index is 1510. The molecule has 46 heavy (non-hydrogen) atoms. The van der Waals surface area contributed by atoms with Crippen LogP contribution in [-0.4, -0.2) is 58.9 Å². The van der Waals surface area contributed by atoms with Crippen molar-refractivity contribution >= 4 is 29.6 Å². The molecule has 4 atom stereocenters. The van der Waals surface area contributed by atoms with Gasteiger partial charge in [-0.25, -0.2) is 4.79 Å². The standard InChI is InChI=1S/C34H46N4O8/c1-6-27-28(46-32(42)16-15-29(40)35-5)19-31(45-27)38-20-25(33(43)37-34(38)44)13-14-30(41)36-17-7-8-26(39)22(4)24-11-9-23(10-12-24)18-21(2)3/h9-14,20-22,27-28,31H,6-8,15-19H2,1-5H3,(H,35,40)(H,36,41)(H,37,43,44)/b14-13+/t22-,27+,28?,31+/m0/s1. The smallest absolute Gasteiger partial charge is 0.330 e. The van der Waals surface area contributed by atoms with Crippen LogP contribution in [0.25, 0.3) is 6.08 Å². The molecule has 1 aliphatic rings. The number of esters is 1. The number of ether oxygens (including phenoxy) is 2. The minimum Gasteiger partial charge on any atom is -0.459 e. The number of Topliss-reactive ketones (excluding diaryl/α,β-unsaturated/α-hetero) is 1. The van der Waals surface area contributed by atoms with Crippen LogP contribution in [0.15, 0.2) is 46.1 Å². The highest BCUT2D eigenvalue weighted by molar-refractivity contribution is 5.91. The van der Waals surface area contributed by atoms with Crippen molar-refractivity contribution in [3.63, 3.8) is 0 Å². The van der Waals surface area contributed by atoms with Crippen LogP contribution in [0.2, 0.25) is 0 Å². The summed E-state index contributed by atoms with van der Waals surface area (Å²) in [6, 6.07) is 8.14. The van der Waals surface area contributed by atoms with Gasteiger partial charge in [0.25, 0.3) is 5.56 Å². The van der Waals surface area contributed by atoms with Gasteiger partial charge in [-0.15, -0.1) is 0 Å². The molecule has 1 fully saturated rings. The summed E-state index contributed by atoms with van der Waals surface area (Å²) in [7, 11) is 1.48. The largest absolute Gasteiger partial charge is 0.459 e. The number of nitrogens with one attached hydrogen (secondary N) is 3. The van der Waals surface area contributed by atoms with E-state index >= 15 is 0 Å². The molecule has 3 rings (SSSR count). The molecule has 12 nitrogen and oxygen atoms in total. The van der Waals surface area contributed by atoms with E-state index in [1.54, 1.807) is 0 Å². The number of aromatic amines is 1. The molecule has 0 saturated carbocycles. The third-order valence-corrected chi connectivity index (χ3v) is 7.93. The van der Waals surface area contributed by atoms with E-state index < -0.39 is 41.6 Å². The van der Waals surface area contributed by atoms with E-state index in [1.165, 1.54) is 35.5 Å². The third kappa shape index (κ3) is 10.6. The van der Waals surface area contributed by atoms with Crippen LogP contribution in [0.5, 0.6) is 0 Å². The van der Waals surface area contributed by atoms with E-state index in [0.29, 0.717) is 25.2 Å². The fourth-order valence-electron chi connectivity index (χ4n) is 5.27. The molecule has 2 aromatic rings. The maximum atomic E-state index is 12.7. The van der Waals surface area contributed by atoms with E-state index in [2.05, 4.69) is 41.6 Å². The maximum Gasteiger partial charge on any atom is 0.330 e. The molecule has 1 aromatic heterocycles. The first-order chi connectivity index (χ1) is 21.9. The summed E-state index contributed by atoms with van der Waals surface area (Å²) in [5.41, 5.74) is 0.891. The van der Waals surface area contributed by atoms with Gasteiger partial charge < -0.3 is 20.1 Å². The minimum absolute atomic E-state index is 0.00319. The van der Waals surface area contributed by atoms with Gasteiger partial charge in [0.2, 0.25) is 11.8 Å². The molecule has 1 unspecified atom stereocenters. The summed E-state index contributed by atoms with van der Waals surface area (Å²) < 4.78 is 12.7.